The van der Waals surface area contributed by atoms with Crippen molar-refractivity contribution >= 4 is 11.4 Å². The van der Waals surface area contributed by atoms with Crippen LogP contribution in [0, 0.1) is 23.7 Å². The van der Waals surface area contributed by atoms with Crippen molar-refractivity contribution < 1.29 is 15.0 Å². The number of aliphatic hydroxyl groups excluding tert-OH is 1. The van der Waals surface area contributed by atoms with E-state index in [1.807, 2.05) is 6.92 Å². The van der Waals surface area contributed by atoms with E-state index < -0.39 is 0 Å². The molecule has 0 spiro atoms. The summed E-state index contributed by atoms with van der Waals surface area (Å²) in [5, 5.41) is 20.5. The number of aromatic hydroxyl groups is 1. The molecule has 2 bridgehead atoms. The maximum Gasteiger partial charge on any atom is 0.170 e. The Balaban J connectivity index is 1.83. The second-order valence-electron chi connectivity index (χ2n) is 7.05. The number of carbonyl (C=O) groups is 1. The molecule has 116 valence electrons. The van der Waals surface area contributed by atoms with Gasteiger partial charge in [0.05, 0.1) is 5.57 Å². The Morgan fingerprint density at radius 2 is 1.68 bits per heavy atom. The largest absolute Gasteiger partial charge is 0.511 e. The van der Waals surface area contributed by atoms with Crippen LogP contribution in [0.25, 0.3) is 5.57 Å². The molecule has 0 radical (unpaired) electrons. The average Bonchev–Trinajstić information content (AvgIpc) is 2.82. The molecule has 0 saturated heterocycles. The lowest BCUT2D eigenvalue weighted by Crippen LogP contribution is -2.41. The molecular formula is C19H22O3. The van der Waals surface area contributed by atoms with Crippen molar-refractivity contribution in [1.82, 2.24) is 0 Å². The lowest BCUT2D eigenvalue weighted by molar-refractivity contribution is -0.123. The number of phenolic OH excluding ortho intramolecular Hbond substituents is 1. The van der Waals surface area contributed by atoms with E-state index in [1.54, 1.807) is 18.2 Å². The molecule has 22 heavy (non-hydrogen) atoms. The molecule has 0 heterocycles. The van der Waals surface area contributed by atoms with Crippen molar-refractivity contribution in [2.24, 2.45) is 23.7 Å². The van der Waals surface area contributed by atoms with E-state index in [0.717, 1.165) is 43.2 Å². The Kier molecular flexibility index (Phi) is 3.07. The Bertz CT molecular complexity index is 665. The summed E-state index contributed by atoms with van der Waals surface area (Å²) < 4.78 is 0. The highest BCUT2D eigenvalue weighted by molar-refractivity contribution is 6.25. The van der Waals surface area contributed by atoms with Gasteiger partial charge in [-0.25, -0.2) is 0 Å². The number of aryl methyl sites for hydroxylation is 1. The van der Waals surface area contributed by atoms with Crippen molar-refractivity contribution in [2.45, 2.75) is 39.0 Å². The van der Waals surface area contributed by atoms with Gasteiger partial charge in [0.15, 0.2) is 5.78 Å². The lowest BCUT2D eigenvalue weighted by Gasteiger charge is -2.44. The van der Waals surface area contributed by atoms with E-state index in [-0.39, 0.29) is 23.4 Å². The highest BCUT2D eigenvalue weighted by Crippen LogP contribution is 2.57. The normalized spacial score (nSPS) is 33.4. The molecule has 0 amide bonds. The van der Waals surface area contributed by atoms with Crippen molar-refractivity contribution in [3.63, 3.8) is 0 Å². The first-order chi connectivity index (χ1) is 10.6. The SMILES string of the molecule is CCc1cc(O)ccc1C1=C(O)C2C3CCC(CC3)C2C1=O. The summed E-state index contributed by atoms with van der Waals surface area (Å²) in [7, 11) is 0. The number of ketones is 1. The predicted molar refractivity (Wildman–Crippen MR) is 84.5 cm³/mol. The highest BCUT2D eigenvalue weighted by Gasteiger charge is 2.54. The van der Waals surface area contributed by atoms with Crippen LogP contribution in [-0.4, -0.2) is 16.0 Å². The second kappa shape index (κ2) is 4.87. The molecule has 5 rings (SSSR count). The van der Waals surface area contributed by atoms with Crippen LogP contribution < -0.4 is 0 Å². The number of rotatable bonds is 2. The summed E-state index contributed by atoms with van der Waals surface area (Å²) in [4.78, 5) is 13.0. The first kappa shape index (κ1) is 13.9. The molecule has 2 atom stereocenters. The molecular weight excluding hydrogens is 276 g/mol. The third-order valence-electron chi connectivity index (χ3n) is 6.08. The fourth-order valence-electron chi connectivity index (χ4n) is 5.07. The van der Waals surface area contributed by atoms with Gasteiger partial charge in [0.25, 0.3) is 0 Å². The van der Waals surface area contributed by atoms with Gasteiger partial charge in [0.2, 0.25) is 0 Å². The van der Waals surface area contributed by atoms with Crippen LogP contribution in [0.4, 0.5) is 0 Å². The Labute approximate surface area is 130 Å². The fraction of sp³-hybridized carbons (Fsp3) is 0.526. The zero-order chi connectivity index (χ0) is 15.4. The molecule has 3 nitrogen and oxygen atoms in total. The molecule has 4 aliphatic carbocycles. The molecule has 2 unspecified atom stereocenters. The zero-order valence-electron chi connectivity index (χ0n) is 12.9. The average molecular weight is 298 g/mol. The standard InChI is InChI=1S/C19H22O3/c1-2-10-9-13(20)7-8-14(10)17-18(21)15-11-3-4-12(6-5-11)16(15)19(17)22/h7-9,11-12,15-16,20-21H,2-6H2,1H3. The molecule has 0 aliphatic heterocycles. The summed E-state index contributed by atoms with van der Waals surface area (Å²) in [5.41, 5.74) is 2.28. The molecule has 0 aromatic heterocycles. The minimum Gasteiger partial charge on any atom is -0.511 e. The van der Waals surface area contributed by atoms with Gasteiger partial charge in [-0.05, 0) is 67.2 Å². The zero-order valence-corrected chi connectivity index (χ0v) is 12.9. The Morgan fingerprint density at radius 3 is 2.27 bits per heavy atom. The summed E-state index contributed by atoms with van der Waals surface area (Å²) in [6.07, 6.45) is 5.29. The van der Waals surface area contributed by atoms with Crippen LogP contribution in [0.1, 0.15) is 43.7 Å². The van der Waals surface area contributed by atoms with E-state index in [1.165, 1.54) is 0 Å². The topological polar surface area (TPSA) is 57.5 Å². The van der Waals surface area contributed by atoms with Gasteiger partial charge >= 0.3 is 0 Å². The van der Waals surface area contributed by atoms with E-state index in [4.69, 9.17) is 0 Å². The molecule has 4 aliphatic rings. The van der Waals surface area contributed by atoms with Crippen LogP contribution in [0.15, 0.2) is 24.0 Å². The lowest BCUT2D eigenvalue weighted by atomic mass is 9.59. The van der Waals surface area contributed by atoms with E-state index in [0.29, 0.717) is 23.2 Å². The van der Waals surface area contributed by atoms with Gasteiger partial charge in [-0.3, -0.25) is 4.79 Å². The number of allylic oxidation sites excluding steroid dienone is 2. The highest BCUT2D eigenvalue weighted by atomic mass is 16.3. The summed E-state index contributed by atoms with van der Waals surface area (Å²) in [6, 6.07) is 5.11. The number of Topliss-reactive ketones (excluding diaryl/α,β-unsaturated/α-hetero) is 1. The van der Waals surface area contributed by atoms with Crippen molar-refractivity contribution in [3.05, 3.63) is 35.1 Å². The molecule has 3 saturated carbocycles. The summed E-state index contributed by atoms with van der Waals surface area (Å²) in [6.45, 7) is 2.01. The van der Waals surface area contributed by atoms with Gasteiger partial charge in [-0.2, -0.15) is 0 Å². The van der Waals surface area contributed by atoms with E-state index in [9.17, 15) is 15.0 Å². The Morgan fingerprint density at radius 1 is 1.05 bits per heavy atom. The fourth-order valence-corrected chi connectivity index (χ4v) is 5.07. The van der Waals surface area contributed by atoms with E-state index in [2.05, 4.69) is 0 Å². The van der Waals surface area contributed by atoms with Gasteiger partial charge in [-0.1, -0.05) is 13.0 Å². The third kappa shape index (κ3) is 1.77. The number of hydrogen-bond donors (Lipinski definition) is 2. The van der Waals surface area contributed by atoms with Crippen LogP contribution in [0.3, 0.4) is 0 Å². The number of fused-ring (bicyclic) bond motifs is 2. The van der Waals surface area contributed by atoms with E-state index >= 15 is 0 Å². The van der Waals surface area contributed by atoms with Crippen LogP contribution >= 0.6 is 0 Å². The number of phenols is 1. The number of aliphatic hydroxyl groups is 1. The molecule has 1 aromatic rings. The summed E-state index contributed by atoms with van der Waals surface area (Å²) >= 11 is 0. The smallest absolute Gasteiger partial charge is 0.170 e. The van der Waals surface area contributed by atoms with Crippen LogP contribution in [0.5, 0.6) is 5.75 Å². The molecule has 3 heteroatoms. The van der Waals surface area contributed by atoms with Crippen LogP contribution in [-0.2, 0) is 11.2 Å². The van der Waals surface area contributed by atoms with Crippen molar-refractivity contribution in [2.75, 3.05) is 0 Å². The van der Waals surface area contributed by atoms with Gasteiger partial charge in [-0.15, -0.1) is 0 Å². The van der Waals surface area contributed by atoms with Gasteiger partial charge in [0, 0.05) is 11.8 Å². The molecule has 3 fully saturated rings. The van der Waals surface area contributed by atoms with Crippen molar-refractivity contribution in [1.29, 1.82) is 0 Å². The Hall–Kier alpha value is -1.77. The quantitative estimate of drug-likeness (QED) is 0.871. The van der Waals surface area contributed by atoms with Crippen LogP contribution in [0.2, 0.25) is 0 Å². The molecule has 2 N–H and O–H groups in total. The third-order valence-corrected chi connectivity index (χ3v) is 6.08. The minimum atomic E-state index is 0.000934. The number of hydrogen-bond acceptors (Lipinski definition) is 3. The monoisotopic (exact) mass is 298 g/mol. The minimum absolute atomic E-state index is 0.000934. The second-order valence-corrected chi connectivity index (χ2v) is 7.05. The molecule has 1 aromatic carbocycles. The number of carbonyl (C=O) groups excluding carboxylic acids is 1. The maximum absolute atomic E-state index is 13.0. The van der Waals surface area contributed by atoms with Crippen molar-refractivity contribution in [3.8, 4) is 5.75 Å². The predicted octanol–water partition coefficient (Wildman–Crippen LogP) is 3.86. The first-order valence-corrected chi connectivity index (χ1v) is 8.41. The maximum atomic E-state index is 13.0. The summed E-state index contributed by atoms with van der Waals surface area (Å²) in [5.74, 6) is 1.64. The first-order valence-electron chi connectivity index (χ1n) is 8.41. The van der Waals surface area contributed by atoms with Gasteiger partial charge < -0.3 is 10.2 Å². The number of benzene rings is 1. The van der Waals surface area contributed by atoms with Gasteiger partial charge in [0.1, 0.15) is 11.5 Å².